The van der Waals surface area contributed by atoms with Gasteiger partial charge in [0.15, 0.2) is 0 Å². The van der Waals surface area contributed by atoms with Crippen LogP contribution in [-0.4, -0.2) is 44.6 Å². The maximum Gasteiger partial charge on any atom is 0.272 e. The van der Waals surface area contributed by atoms with E-state index in [0.717, 1.165) is 11.9 Å². The molecule has 1 aromatic heterocycles. The first-order valence-corrected chi connectivity index (χ1v) is 9.86. The fourth-order valence-corrected chi connectivity index (χ4v) is 3.43. The molecular formula is C17H20N4O3S2. The number of rotatable bonds is 5. The molecule has 7 nitrogen and oxygen atoms in total. The number of amides is 1. The van der Waals surface area contributed by atoms with Gasteiger partial charge in [0.05, 0.1) is 17.5 Å². The van der Waals surface area contributed by atoms with Crippen LogP contribution >= 0.6 is 12.2 Å². The summed E-state index contributed by atoms with van der Waals surface area (Å²) >= 11 is 4.98. The molecule has 0 radical (unpaired) electrons. The SMILES string of the molecule is Cc1cc(N(C(=O)c2ccc(N(C)C)cc2)S(C)(=O)=O)c(C(N)=S)cn1. The van der Waals surface area contributed by atoms with Gasteiger partial charge in [-0.2, -0.15) is 0 Å². The van der Waals surface area contributed by atoms with Crippen molar-refractivity contribution in [1.82, 2.24) is 4.98 Å². The number of nitrogens with two attached hydrogens (primary N) is 1. The molecule has 0 bridgehead atoms. The Balaban J connectivity index is 2.61. The first-order chi connectivity index (χ1) is 12.0. The van der Waals surface area contributed by atoms with E-state index in [1.807, 2.05) is 19.0 Å². The van der Waals surface area contributed by atoms with Crippen molar-refractivity contribution in [3.05, 3.63) is 53.3 Å². The largest absolute Gasteiger partial charge is 0.389 e. The van der Waals surface area contributed by atoms with Gasteiger partial charge in [-0.15, -0.1) is 0 Å². The number of aryl methyl sites for hydroxylation is 1. The lowest BCUT2D eigenvalue weighted by Gasteiger charge is -2.23. The summed E-state index contributed by atoms with van der Waals surface area (Å²) in [5.74, 6) is -0.694. The predicted molar refractivity (Wildman–Crippen MR) is 107 cm³/mol. The van der Waals surface area contributed by atoms with Gasteiger partial charge >= 0.3 is 0 Å². The monoisotopic (exact) mass is 392 g/mol. The van der Waals surface area contributed by atoms with E-state index < -0.39 is 15.9 Å². The quantitative estimate of drug-likeness (QED) is 0.774. The highest BCUT2D eigenvalue weighted by Gasteiger charge is 2.29. The molecule has 26 heavy (non-hydrogen) atoms. The van der Waals surface area contributed by atoms with Gasteiger partial charge in [0, 0.05) is 37.2 Å². The number of thiocarbonyl (C=S) groups is 1. The third kappa shape index (κ3) is 4.17. The highest BCUT2D eigenvalue weighted by molar-refractivity contribution is 7.92. The zero-order valence-corrected chi connectivity index (χ0v) is 16.6. The maximum atomic E-state index is 13.0. The summed E-state index contributed by atoms with van der Waals surface area (Å²) < 4.78 is 25.5. The standard InChI is InChI=1S/C17H20N4O3S2/c1-11-9-15(14(10-19-11)16(18)25)21(26(4,23)24)17(22)12-5-7-13(8-6-12)20(2)3/h5-10H,1-4H3,(H2,18,25). The number of benzene rings is 1. The molecule has 0 aliphatic rings. The number of carbonyl (C=O) groups is 1. The van der Waals surface area contributed by atoms with Crippen molar-refractivity contribution >= 4 is 44.5 Å². The summed E-state index contributed by atoms with van der Waals surface area (Å²) in [6.07, 6.45) is 2.33. The van der Waals surface area contributed by atoms with E-state index in [4.69, 9.17) is 18.0 Å². The number of nitrogens with zero attached hydrogens (tertiary/aromatic N) is 3. The minimum absolute atomic E-state index is 0.0445. The second-order valence-electron chi connectivity index (χ2n) is 5.98. The molecule has 9 heteroatoms. The number of pyridine rings is 1. The van der Waals surface area contributed by atoms with Crippen molar-refractivity contribution in [1.29, 1.82) is 0 Å². The van der Waals surface area contributed by atoms with Crippen LogP contribution in [0.5, 0.6) is 0 Å². The van der Waals surface area contributed by atoms with Crippen molar-refractivity contribution in [2.24, 2.45) is 5.73 Å². The first kappa shape index (κ1) is 19.8. The van der Waals surface area contributed by atoms with Gasteiger partial charge < -0.3 is 10.6 Å². The van der Waals surface area contributed by atoms with Crippen molar-refractivity contribution < 1.29 is 13.2 Å². The molecule has 138 valence electrons. The van der Waals surface area contributed by atoms with Gasteiger partial charge in [-0.05, 0) is 37.3 Å². The molecule has 0 saturated heterocycles. The van der Waals surface area contributed by atoms with Crippen molar-refractivity contribution in [3.63, 3.8) is 0 Å². The Labute approximate surface area is 158 Å². The number of sulfonamides is 1. The summed E-state index contributed by atoms with van der Waals surface area (Å²) in [4.78, 5) is 18.9. The summed E-state index contributed by atoms with van der Waals surface area (Å²) in [7, 11) is -0.196. The van der Waals surface area contributed by atoms with E-state index in [1.165, 1.54) is 12.3 Å². The highest BCUT2D eigenvalue weighted by Crippen LogP contribution is 2.26. The summed E-state index contributed by atoms with van der Waals surface area (Å²) in [5.41, 5.74) is 7.64. The third-order valence-electron chi connectivity index (χ3n) is 3.65. The molecule has 0 aliphatic carbocycles. The smallest absolute Gasteiger partial charge is 0.272 e. The number of hydrogen-bond donors (Lipinski definition) is 1. The molecule has 1 amide bonds. The third-order valence-corrected chi connectivity index (χ3v) is 4.90. The van der Waals surface area contributed by atoms with Crippen LogP contribution in [0.1, 0.15) is 21.6 Å². The zero-order chi connectivity index (χ0) is 19.6. The molecule has 0 fully saturated rings. The first-order valence-electron chi connectivity index (χ1n) is 7.61. The molecular weight excluding hydrogens is 372 g/mol. The molecule has 2 rings (SSSR count). The van der Waals surface area contributed by atoms with E-state index in [-0.39, 0.29) is 21.8 Å². The van der Waals surface area contributed by atoms with Gasteiger partial charge in [-0.1, -0.05) is 12.2 Å². The van der Waals surface area contributed by atoms with Crippen LogP contribution in [0, 0.1) is 6.92 Å². The van der Waals surface area contributed by atoms with Crippen molar-refractivity contribution in [2.45, 2.75) is 6.92 Å². The highest BCUT2D eigenvalue weighted by atomic mass is 32.2. The molecule has 1 aromatic carbocycles. The van der Waals surface area contributed by atoms with E-state index in [9.17, 15) is 13.2 Å². The van der Waals surface area contributed by atoms with Crippen molar-refractivity contribution in [3.8, 4) is 0 Å². The van der Waals surface area contributed by atoms with Gasteiger partial charge in [-0.3, -0.25) is 9.78 Å². The van der Waals surface area contributed by atoms with Crippen LogP contribution < -0.4 is 14.9 Å². The number of aromatic nitrogens is 1. The average Bonchev–Trinajstić information content (AvgIpc) is 2.53. The van der Waals surface area contributed by atoms with Crippen LogP contribution in [0.25, 0.3) is 0 Å². The van der Waals surface area contributed by atoms with E-state index in [2.05, 4.69) is 4.98 Å². The Bertz CT molecular complexity index is 954. The summed E-state index contributed by atoms with van der Waals surface area (Å²) in [6.45, 7) is 1.68. The Hall–Kier alpha value is -2.52. The van der Waals surface area contributed by atoms with Crippen LogP contribution in [-0.2, 0) is 10.0 Å². The minimum atomic E-state index is -3.93. The lowest BCUT2D eigenvalue weighted by atomic mass is 10.1. The zero-order valence-electron chi connectivity index (χ0n) is 14.9. The fourth-order valence-electron chi connectivity index (χ4n) is 2.36. The van der Waals surface area contributed by atoms with Crippen LogP contribution in [0.15, 0.2) is 36.5 Å². The topological polar surface area (TPSA) is 96.6 Å². The van der Waals surface area contributed by atoms with Gasteiger partial charge in [0.25, 0.3) is 5.91 Å². The molecule has 0 atom stereocenters. The normalized spacial score (nSPS) is 11.1. The average molecular weight is 393 g/mol. The molecule has 0 aliphatic heterocycles. The van der Waals surface area contributed by atoms with Crippen LogP contribution in [0.4, 0.5) is 11.4 Å². The lowest BCUT2D eigenvalue weighted by Crippen LogP contribution is -2.37. The molecule has 2 aromatic rings. The second kappa shape index (κ2) is 7.38. The summed E-state index contributed by atoms with van der Waals surface area (Å²) in [6, 6.07) is 8.09. The minimum Gasteiger partial charge on any atom is -0.389 e. The molecule has 0 saturated carbocycles. The van der Waals surface area contributed by atoms with Crippen molar-refractivity contribution in [2.75, 3.05) is 29.6 Å². The Kier molecular flexibility index (Phi) is 5.62. The summed E-state index contributed by atoms with van der Waals surface area (Å²) in [5, 5.41) is 0. The fraction of sp³-hybridized carbons (Fsp3) is 0.235. The van der Waals surface area contributed by atoms with E-state index in [1.54, 1.807) is 31.2 Å². The van der Waals surface area contributed by atoms with E-state index >= 15 is 0 Å². The van der Waals surface area contributed by atoms with Gasteiger partial charge in [0.2, 0.25) is 10.0 Å². The van der Waals surface area contributed by atoms with Crippen LogP contribution in [0.3, 0.4) is 0 Å². The number of hydrogen-bond acceptors (Lipinski definition) is 6. The molecule has 0 spiro atoms. The molecule has 2 N–H and O–H groups in total. The maximum absolute atomic E-state index is 13.0. The second-order valence-corrected chi connectivity index (χ2v) is 8.25. The Morgan fingerprint density at radius 1 is 1.19 bits per heavy atom. The number of carbonyl (C=O) groups excluding carboxylic acids is 1. The Morgan fingerprint density at radius 2 is 1.77 bits per heavy atom. The van der Waals surface area contributed by atoms with E-state index in [0.29, 0.717) is 10.00 Å². The lowest BCUT2D eigenvalue weighted by molar-refractivity contribution is 0.101. The number of anilines is 2. The Morgan fingerprint density at radius 3 is 2.23 bits per heavy atom. The molecule has 0 unspecified atom stereocenters. The van der Waals surface area contributed by atoms with Gasteiger partial charge in [-0.25, -0.2) is 12.7 Å². The predicted octanol–water partition coefficient (Wildman–Crippen LogP) is 1.70. The van der Waals surface area contributed by atoms with Gasteiger partial charge in [0.1, 0.15) is 4.99 Å². The molecule has 1 heterocycles. The van der Waals surface area contributed by atoms with Crippen LogP contribution in [0.2, 0.25) is 0 Å².